The van der Waals surface area contributed by atoms with Gasteiger partial charge in [0, 0.05) is 47.1 Å². The van der Waals surface area contributed by atoms with Crippen molar-refractivity contribution in [1.29, 1.82) is 0 Å². The predicted molar refractivity (Wildman–Crippen MR) is 175 cm³/mol. The van der Waals surface area contributed by atoms with E-state index < -0.39 is 0 Å². The molecule has 0 radical (unpaired) electrons. The lowest BCUT2D eigenvalue weighted by Gasteiger charge is -2.33. The van der Waals surface area contributed by atoms with Gasteiger partial charge in [-0.05, 0) is 111 Å². The third kappa shape index (κ3) is 5.11. The van der Waals surface area contributed by atoms with Crippen molar-refractivity contribution in [3.05, 3.63) is 105 Å². The molecule has 0 spiro atoms. The quantitative estimate of drug-likeness (QED) is 0.231. The van der Waals surface area contributed by atoms with Gasteiger partial charge in [-0.2, -0.15) is 0 Å². The van der Waals surface area contributed by atoms with Gasteiger partial charge in [0.15, 0.2) is 5.11 Å². The van der Waals surface area contributed by atoms with Crippen molar-refractivity contribution in [2.75, 3.05) is 22.9 Å². The minimum atomic E-state index is -0.139. The number of piperidine rings is 1. The summed E-state index contributed by atoms with van der Waals surface area (Å²) in [7, 11) is 0. The average molecular weight is 605 g/mol. The number of thiocarbonyl (C=S) groups is 1. The summed E-state index contributed by atoms with van der Waals surface area (Å²) in [5, 5.41) is 5.76. The Morgan fingerprint density at radius 2 is 1.68 bits per heavy atom. The molecule has 0 aliphatic carbocycles. The second-order valence-corrected chi connectivity index (χ2v) is 12.5. The van der Waals surface area contributed by atoms with Crippen molar-refractivity contribution in [2.45, 2.75) is 52.6 Å². The van der Waals surface area contributed by atoms with E-state index in [9.17, 15) is 0 Å². The van der Waals surface area contributed by atoms with Gasteiger partial charge in [-0.1, -0.05) is 42.3 Å². The van der Waals surface area contributed by atoms with Crippen LogP contribution >= 0.6 is 35.4 Å². The van der Waals surface area contributed by atoms with E-state index in [1.165, 1.54) is 18.4 Å². The third-order valence-electron chi connectivity index (χ3n) is 8.70. The zero-order valence-electron chi connectivity index (χ0n) is 23.9. The number of anilines is 2. The summed E-state index contributed by atoms with van der Waals surface area (Å²) in [6.07, 6.45) is 4.21. The van der Waals surface area contributed by atoms with E-state index in [1.807, 2.05) is 30.5 Å². The molecule has 0 bridgehead atoms. The van der Waals surface area contributed by atoms with Crippen LogP contribution in [0.4, 0.5) is 11.4 Å². The smallest absolute Gasteiger partial charge is 0.174 e. The molecule has 0 amide bonds. The monoisotopic (exact) mass is 603 g/mol. The number of halogens is 2. The first kappa shape index (κ1) is 28.1. The zero-order chi connectivity index (χ0) is 28.8. The fourth-order valence-corrected chi connectivity index (χ4v) is 7.21. The lowest BCUT2D eigenvalue weighted by molar-refractivity contribution is 0.438. The predicted octanol–water partition coefficient (Wildman–Crippen LogP) is 8.52. The number of hydrogen-bond acceptors (Lipinski definition) is 3. The van der Waals surface area contributed by atoms with Gasteiger partial charge in [0.2, 0.25) is 0 Å². The maximum Gasteiger partial charge on any atom is 0.174 e. The Kier molecular flexibility index (Phi) is 7.75. The minimum absolute atomic E-state index is 0.130. The highest BCUT2D eigenvalue weighted by Gasteiger charge is 2.42. The molecule has 2 aliphatic heterocycles. The van der Waals surface area contributed by atoms with E-state index in [2.05, 4.69) is 83.8 Å². The molecule has 8 heteroatoms. The molecule has 1 N–H and O–H groups in total. The number of aromatic nitrogens is 2. The summed E-state index contributed by atoms with van der Waals surface area (Å²) in [6.45, 7) is 10.8. The number of nitrogens with one attached hydrogen (secondary N) is 1. The summed E-state index contributed by atoms with van der Waals surface area (Å²) in [4.78, 5) is 9.35. The Bertz CT molecular complexity index is 1590. The van der Waals surface area contributed by atoms with Crippen molar-refractivity contribution >= 4 is 51.9 Å². The van der Waals surface area contributed by atoms with Crippen LogP contribution in [0, 0.1) is 26.7 Å². The number of rotatable bonds is 5. The molecule has 5 nitrogen and oxygen atoms in total. The van der Waals surface area contributed by atoms with Crippen LogP contribution < -0.4 is 15.1 Å². The second kappa shape index (κ2) is 11.3. The molecule has 2 fully saturated rings. The van der Waals surface area contributed by atoms with Gasteiger partial charge in [0.25, 0.3) is 0 Å². The number of pyridine rings is 1. The van der Waals surface area contributed by atoms with Crippen molar-refractivity contribution in [3.63, 3.8) is 0 Å². The van der Waals surface area contributed by atoms with E-state index in [-0.39, 0.29) is 12.1 Å². The van der Waals surface area contributed by atoms with Crippen LogP contribution in [-0.4, -0.2) is 27.8 Å². The lowest BCUT2D eigenvalue weighted by Crippen LogP contribution is -2.33. The van der Waals surface area contributed by atoms with E-state index in [4.69, 9.17) is 40.4 Å². The van der Waals surface area contributed by atoms with Crippen LogP contribution in [0.3, 0.4) is 0 Å². The fourth-order valence-electron chi connectivity index (χ4n) is 6.40. The maximum atomic E-state index is 6.98. The molecular weight excluding hydrogens is 569 g/mol. The van der Waals surface area contributed by atoms with Crippen LogP contribution in [0.25, 0.3) is 5.69 Å². The minimum Gasteiger partial charge on any atom is -0.370 e. The fraction of sp³-hybridized carbons (Fsp3) is 0.333. The van der Waals surface area contributed by atoms with Crippen LogP contribution in [-0.2, 0) is 0 Å². The maximum absolute atomic E-state index is 6.98. The van der Waals surface area contributed by atoms with E-state index in [0.717, 1.165) is 68.8 Å². The summed E-state index contributed by atoms with van der Waals surface area (Å²) < 4.78 is 2.29. The topological polar surface area (TPSA) is 36.3 Å². The number of benzene rings is 2. The molecule has 2 aliphatic rings. The molecule has 0 unspecified atom stereocenters. The number of hydrogen-bond donors (Lipinski definition) is 1. The Labute approximate surface area is 258 Å². The largest absolute Gasteiger partial charge is 0.370 e. The van der Waals surface area contributed by atoms with E-state index >= 15 is 0 Å². The zero-order valence-corrected chi connectivity index (χ0v) is 26.2. The van der Waals surface area contributed by atoms with E-state index in [1.54, 1.807) is 0 Å². The highest BCUT2D eigenvalue weighted by molar-refractivity contribution is 7.80. The van der Waals surface area contributed by atoms with Crippen LogP contribution in [0.1, 0.15) is 60.1 Å². The Balaban J connectivity index is 1.45. The molecular formula is C33H35Cl2N5S. The standard InChI is InChI=1S/C33H35Cl2N5S/c1-20-13-16-38(17-14-20)30-12-11-24(19-27(30)35)40-32(31(37-33(40)41)28-9-5-6-15-36-28)25-18-21(2)39(23(25)4)29-10-7-8-26(34)22(29)3/h5-12,15,18-20,31-32H,13-14,16-17H2,1-4H3,(H,37,41)/t31-,32-/m1/s1. The van der Waals surface area contributed by atoms with Gasteiger partial charge in [-0.3, -0.25) is 4.98 Å². The molecule has 41 heavy (non-hydrogen) atoms. The summed E-state index contributed by atoms with van der Waals surface area (Å²) >= 11 is 19.5. The molecule has 2 atom stereocenters. The van der Waals surface area contributed by atoms with Gasteiger partial charge in [-0.25, -0.2) is 0 Å². The van der Waals surface area contributed by atoms with E-state index in [0.29, 0.717) is 5.11 Å². The number of nitrogens with zero attached hydrogens (tertiary/aromatic N) is 4. The Hall–Kier alpha value is -3.06. The Morgan fingerprint density at radius 1 is 0.902 bits per heavy atom. The van der Waals surface area contributed by atoms with Crippen molar-refractivity contribution in [1.82, 2.24) is 14.9 Å². The molecule has 2 aromatic carbocycles. The summed E-state index contributed by atoms with van der Waals surface area (Å²) in [5.74, 6) is 0.760. The van der Waals surface area contributed by atoms with Gasteiger partial charge in [0.1, 0.15) is 0 Å². The molecule has 2 saturated heterocycles. The van der Waals surface area contributed by atoms with Crippen LogP contribution in [0.5, 0.6) is 0 Å². The highest BCUT2D eigenvalue weighted by Crippen LogP contribution is 2.45. The molecule has 2 aromatic heterocycles. The SMILES string of the molecule is Cc1c(Cl)cccc1-n1c(C)cc([C@@H]2[C@@H](c3ccccn3)NC(=S)N2c2ccc(N3CCC(C)CC3)c(Cl)c2)c1C. The Morgan fingerprint density at radius 3 is 2.39 bits per heavy atom. The molecule has 6 rings (SSSR count). The first-order chi connectivity index (χ1) is 19.7. The highest BCUT2D eigenvalue weighted by atomic mass is 35.5. The van der Waals surface area contributed by atoms with Gasteiger partial charge >= 0.3 is 0 Å². The third-order valence-corrected chi connectivity index (χ3v) is 9.73. The summed E-state index contributed by atoms with van der Waals surface area (Å²) in [6, 6.07) is 20.5. The van der Waals surface area contributed by atoms with Crippen LogP contribution in [0.15, 0.2) is 66.9 Å². The second-order valence-electron chi connectivity index (χ2n) is 11.3. The van der Waals surface area contributed by atoms with Crippen molar-refractivity contribution in [2.24, 2.45) is 5.92 Å². The van der Waals surface area contributed by atoms with Gasteiger partial charge in [-0.15, -0.1) is 0 Å². The molecule has 0 saturated carbocycles. The molecule has 212 valence electrons. The first-order valence-corrected chi connectivity index (χ1v) is 15.4. The van der Waals surface area contributed by atoms with Crippen molar-refractivity contribution < 1.29 is 0 Å². The summed E-state index contributed by atoms with van der Waals surface area (Å²) in [5.41, 5.74) is 8.58. The first-order valence-electron chi connectivity index (χ1n) is 14.2. The molecule has 4 aromatic rings. The van der Waals surface area contributed by atoms with Gasteiger partial charge < -0.3 is 19.7 Å². The lowest BCUT2D eigenvalue weighted by atomic mass is 9.96. The van der Waals surface area contributed by atoms with Crippen LogP contribution in [0.2, 0.25) is 10.0 Å². The van der Waals surface area contributed by atoms with Gasteiger partial charge in [0.05, 0.1) is 28.5 Å². The molecule has 4 heterocycles. The normalized spacial score (nSPS) is 19.6. The van der Waals surface area contributed by atoms with Crippen molar-refractivity contribution in [3.8, 4) is 5.69 Å². The average Bonchev–Trinajstić information content (AvgIpc) is 3.46. The number of aryl methyl sites for hydroxylation is 1.